The van der Waals surface area contributed by atoms with Gasteiger partial charge in [-0.2, -0.15) is 0 Å². The number of nitrogens with one attached hydrogen (secondary N) is 3. The van der Waals surface area contributed by atoms with Crippen LogP contribution in [-0.4, -0.2) is 66.0 Å². The number of halogens is 2. The average Bonchev–Trinajstić information content (AvgIpc) is 3.30. The van der Waals surface area contributed by atoms with E-state index in [1.54, 1.807) is 21.0 Å². The molecule has 0 saturated carbocycles. The van der Waals surface area contributed by atoms with Crippen LogP contribution in [0.5, 0.6) is 11.6 Å². The number of H-pyrrole nitrogens is 1. The second-order valence-electron chi connectivity index (χ2n) is 9.02. The van der Waals surface area contributed by atoms with Crippen molar-refractivity contribution in [1.29, 1.82) is 0 Å². The number of piperazine rings is 1. The van der Waals surface area contributed by atoms with E-state index in [4.69, 9.17) is 4.74 Å². The molecule has 2 aromatic carbocycles. The second-order valence-corrected chi connectivity index (χ2v) is 9.02. The molecular formula is C26H27F2N7O2. The number of aryl methyl sites for hydroxylation is 1. The smallest absolute Gasteiger partial charge is 0.262 e. The van der Waals surface area contributed by atoms with E-state index in [-0.39, 0.29) is 33.9 Å². The molecule has 1 aliphatic rings. The number of hydrogen-bond donors (Lipinski definition) is 3. The number of nitrogens with zero attached hydrogens (tertiary/aromatic N) is 4. The Hall–Kier alpha value is -4.25. The van der Waals surface area contributed by atoms with E-state index in [9.17, 15) is 9.18 Å². The number of aromatic nitrogens is 3. The number of benzene rings is 2. The number of ether oxygens (including phenoxy) is 1. The molecule has 4 aromatic rings. The SMILES string of the molecule is Cc1cc2c(F)c(Oc3ncnc(Nc4ccc(N5CCNCC5)cc4)c3C(=O)N(C)C)cc(F)c2[nH]1. The Bertz CT molecular complexity index is 1450. The molecule has 192 valence electrons. The lowest BCUT2D eigenvalue weighted by atomic mass is 10.2. The predicted molar refractivity (Wildman–Crippen MR) is 138 cm³/mol. The number of fused-ring (bicyclic) bond motifs is 1. The predicted octanol–water partition coefficient (Wildman–Crippen LogP) is 4.19. The summed E-state index contributed by atoms with van der Waals surface area (Å²) in [6.45, 7) is 5.41. The van der Waals surface area contributed by atoms with Gasteiger partial charge in [-0.3, -0.25) is 4.79 Å². The summed E-state index contributed by atoms with van der Waals surface area (Å²) >= 11 is 0. The zero-order valence-electron chi connectivity index (χ0n) is 20.7. The first kappa shape index (κ1) is 24.4. The van der Waals surface area contributed by atoms with Gasteiger partial charge in [-0.1, -0.05) is 0 Å². The third-order valence-corrected chi connectivity index (χ3v) is 6.15. The van der Waals surface area contributed by atoms with E-state index in [0.29, 0.717) is 11.4 Å². The fraction of sp³-hybridized carbons (Fsp3) is 0.269. The number of amides is 1. The molecular weight excluding hydrogens is 480 g/mol. The van der Waals surface area contributed by atoms with Crippen LogP contribution in [0.15, 0.2) is 42.7 Å². The maximum atomic E-state index is 15.2. The van der Waals surface area contributed by atoms with Crippen LogP contribution < -0.4 is 20.3 Å². The lowest BCUT2D eigenvalue weighted by Gasteiger charge is -2.29. The minimum Gasteiger partial charge on any atom is -0.435 e. The molecule has 0 aliphatic carbocycles. The summed E-state index contributed by atoms with van der Waals surface area (Å²) in [7, 11) is 3.14. The molecule has 1 fully saturated rings. The standard InChI is InChI=1S/C26H27F2N7O2/c1-15-12-18-22(28)20(13-19(27)23(18)32-15)37-25-21(26(36)34(2)3)24(30-14-31-25)33-16-4-6-17(7-5-16)35-10-8-29-9-11-35/h4-7,12-14,29,32H,8-11H2,1-3H3,(H,30,31,33). The van der Waals surface area contributed by atoms with E-state index in [1.165, 1.54) is 17.3 Å². The van der Waals surface area contributed by atoms with E-state index in [1.807, 2.05) is 24.3 Å². The van der Waals surface area contributed by atoms with Gasteiger partial charge in [0.25, 0.3) is 5.91 Å². The summed E-state index contributed by atoms with van der Waals surface area (Å²) in [5.41, 5.74) is 2.42. The molecule has 5 rings (SSSR count). The van der Waals surface area contributed by atoms with Crippen LogP contribution in [0, 0.1) is 18.6 Å². The van der Waals surface area contributed by atoms with E-state index in [2.05, 4.69) is 30.5 Å². The first-order valence-corrected chi connectivity index (χ1v) is 11.9. The fourth-order valence-corrected chi connectivity index (χ4v) is 4.29. The summed E-state index contributed by atoms with van der Waals surface area (Å²) in [6.07, 6.45) is 1.20. The summed E-state index contributed by atoms with van der Waals surface area (Å²) in [5.74, 6) is -2.31. The highest BCUT2D eigenvalue weighted by Crippen LogP contribution is 2.35. The Balaban J connectivity index is 1.48. The van der Waals surface area contributed by atoms with Gasteiger partial charge in [0.05, 0.1) is 5.52 Å². The summed E-state index contributed by atoms with van der Waals surface area (Å²) in [4.78, 5) is 27.9. The molecule has 0 unspecified atom stereocenters. The van der Waals surface area contributed by atoms with Crippen LogP contribution in [0.4, 0.5) is 26.0 Å². The number of carbonyl (C=O) groups is 1. The first-order chi connectivity index (χ1) is 17.8. The van der Waals surface area contributed by atoms with Gasteiger partial charge in [-0.05, 0) is 37.3 Å². The van der Waals surface area contributed by atoms with Gasteiger partial charge >= 0.3 is 0 Å². The number of anilines is 3. The van der Waals surface area contributed by atoms with Crippen LogP contribution in [0.1, 0.15) is 16.1 Å². The van der Waals surface area contributed by atoms with Gasteiger partial charge in [0, 0.05) is 68.8 Å². The molecule has 0 atom stereocenters. The highest BCUT2D eigenvalue weighted by atomic mass is 19.1. The molecule has 1 aliphatic heterocycles. The van der Waals surface area contributed by atoms with Crippen LogP contribution in [-0.2, 0) is 0 Å². The lowest BCUT2D eigenvalue weighted by Crippen LogP contribution is -2.43. The highest BCUT2D eigenvalue weighted by Gasteiger charge is 2.25. The lowest BCUT2D eigenvalue weighted by molar-refractivity contribution is 0.0825. The van der Waals surface area contributed by atoms with Gasteiger partial charge in [-0.25, -0.2) is 18.7 Å². The van der Waals surface area contributed by atoms with Gasteiger partial charge < -0.3 is 30.2 Å². The van der Waals surface area contributed by atoms with Gasteiger partial charge in [0.2, 0.25) is 5.88 Å². The van der Waals surface area contributed by atoms with Crippen molar-refractivity contribution in [1.82, 2.24) is 25.2 Å². The molecule has 0 spiro atoms. The molecule has 0 radical (unpaired) electrons. The molecule has 1 amide bonds. The van der Waals surface area contributed by atoms with Crippen molar-refractivity contribution in [2.24, 2.45) is 0 Å². The minimum absolute atomic E-state index is 0.0103. The third-order valence-electron chi connectivity index (χ3n) is 6.15. The fourth-order valence-electron chi connectivity index (χ4n) is 4.29. The Morgan fingerprint density at radius 2 is 1.84 bits per heavy atom. The largest absolute Gasteiger partial charge is 0.435 e. The number of hydrogen-bond acceptors (Lipinski definition) is 7. The van der Waals surface area contributed by atoms with E-state index in [0.717, 1.165) is 37.9 Å². The van der Waals surface area contributed by atoms with Gasteiger partial charge in [0.1, 0.15) is 11.9 Å². The average molecular weight is 508 g/mol. The molecule has 9 nitrogen and oxygen atoms in total. The molecule has 3 heterocycles. The molecule has 3 N–H and O–H groups in total. The maximum absolute atomic E-state index is 15.2. The van der Waals surface area contributed by atoms with Gasteiger partial charge in [0.15, 0.2) is 23.2 Å². The minimum atomic E-state index is -0.763. The number of rotatable bonds is 6. The van der Waals surface area contributed by atoms with Crippen molar-refractivity contribution in [3.05, 3.63) is 65.6 Å². The Morgan fingerprint density at radius 3 is 2.54 bits per heavy atom. The number of aromatic amines is 1. The topological polar surface area (TPSA) is 98.4 Å². The quantitative estimate of drug-likeness (QED) is 0.360. The van der Waals surface area contributed by atoms with Crippen LogP contribution in [0.2, 0.25) is 0 Å². The van der Waals surface area contributed by atoms with Crippen LogP contribution >= 0.6 is 0 Å². The zero-order valence-corrected chi connectivity index (χ0v) is 20.7. The first-order valence-electron chi connectivity index (χ1n) is 11.9. The highest BCUT2D eigenvalue weighted by molar-refractivity contribution is 6.01. The molecule has 37 heavy (non-hydrogen) atoms. The van der Waals surface area contributed by atoms with Crippen molar-refractivity contribution in [2.75, 3.05) is 50.5 Å². The number of carbonyl (C=O) groups excluding carboxylic acids is 1. The molecule has 1 saturated heterocycles. The normalized spacial score (nSPS) is 13.6. The van der Waals surface area contributed by atoms with Crippen molar-refractivity contribution >= 4 is 34.0 Å². The van der Waals surface area contributed by atoms with E-state index >= 15 is 4.39 Å². The summed E-state index contributed by atoms with van der Waals surface area (Å²) < 4.78 is 35.6. The van der Waals surface area contributed by atoms with Crippen molar-refractivity contribution in [3.63, 3.8) is 0 Å². The Morgan fingerprint density at radius 1 is 1.11 bits per heavy atom. The van der Waals surface area contributed by atoms with Gasteiger partial charge in [-0.15, -0.1) is 0 Å². The second kappa shape index (κ2) is 10.0. The maximum Gasteiger partial charge on any atom is 0.262 e. The van der Waals surface area contributed by atoms with Crippen LogP contribution in [0.3, 0.4) is 0 Å². The van der Waals surface area contributed by atoms with Crippen LogP contribution in [0.25, 0.3) is 10.9 Å². The summed E-state index contributed by atoms with van der Waals surface area (Å²) in [6, 6.07) is 10.2. The Labute approximate surface area is 212 Å². The van der Waals surface area contributed by atoms with Crippen molar-refractivity contribution in [3.8, 4) is 11.6 Å². The van der Waals surface area contributed by atoms with Crippen molar-refractivity contribution < 1.29 is 18.3 Å². The monoisotopic (exact) mass is 507 g/mol. The zero-order chi connectivity index (χ0) is 26.1. The molecule has 11 heteroatoms. The Kier molecular flexibility index (Phi) is 6.62. The molecule has 0 bridgehead atoms. The van der Waals surface area contributed by atoms with Crippen molar-refractivity contribution in [2.45, 2.75) is 6.92 Å². The van der Waals surface area contributed by atoms with E-state index < -0.39 is 17.5 Å². The third kappa shape index (κ3) is 4.90. The summed E-state index contributed by atoms with van der Waals surface area (Å²) in [5, 5.41) is 6.52. The molecule has 2 aromatic heterocycles.